The Labute approximate surface area is 165 Å². The molecule has 4 nitrogen and oxygen atoms in total. The molecule has 28 heavy (non-hydrogen) atoms. The maximum atomic E-state index is 13.3. The van der Waals surface area contributed by atoms with Crippen LogP contribution in [0.2, 0.25) is 0 Å². The van der Waals surface area contributed by atoms with E-state index in [2.05, 4.69) is 0 Å². The average Bonchev–Trinajstić information content (AvgIpc) is 3.24. The Morgan fingerprint density at radius 2 is 1.50 bits per heavy atom. The van der Waals surface area contributed by atoms with Crippen molar-refractivity contribution in [2.24, 2.45) is 0 Å². The zero-order chi connectivity index (χ0) is 19.6. The topological polar surface area (TPSA) is 63.6 Å². The molecule has 0 atom stereocenters. The van der Waals surface area contributed by atoms with Crippen LogP contribution in [0, 0.1) is 0 Å². The maximum absolute atomic E-state index is 13.3. The van der Waals surface area contributed by atoms with Crippen LogP contribution in [0.4, 0.5) is 0 Å². The molecule has 0 unspecified atom stereocenters. The number of ether oxygens (including phenoxy) is 1. The fourth-order valence-electron chi connectivity index (χ4n) is 3.77. The van der Waals surface area contributed by atoms with Crippen LogP contribution in [0.1, 0.15) is 37.2 Å². The molecule has 1 N–H and O–H groups in total. The highest BCUT2D eigenvalue weighted by Gasteiger charge is 2.28. The number of rotatable bonds is 5. The summed E-state index contributed by atoms with van der Waals surface area (Å²) >= 11 is 0. The van der Waals surface area contributed by atoms with Crippen LogP contribution in [0.25, 0.3) is 0 Å². The molecular weight excluding hydrogens is 372 g/mol. The van der Waals surface area contributed by atoms with E-state index in [9.17, 15) is 13.5 Å². The van der Waals surface area contributed by atoms with E-state index in [0.29, 0.717) is 16.4 Å². The largest absolute Gasteiger partial charge is 0.508 e. The van der Waals surface area contributed by atoms with E-state index in [0.717, 1.165) is 31.2 Å². The van der Waals surface area contributed by atoms with Gasteiger partial charge in [-0.3, -0.25) is 0 Å². The van der Waals surface area contributed by atoms with Crippen molar-refractivity contribution in [3.8, 4) is 17.2 Å². The molecule has 1 saturated carbocycles. The lowest BCUT2D eigenvalue weighted by Crippen LogP contribution is -2.08. The standard InChI is InChI=1S/C23H22O4S/c24-18-10-13-21(14-11-18)28(25,26)23-15-12-20(27-19-8-2-1-3-9-19)16-22(23)17-6-4-5-7-17/h1-3,8-17,24H,4-7H2. The normalized spacial score (nSPS) is 14.9. The number of hydrogen-bond acceptors (Lipinski definition) is 4. The van der Waals surface area contributed by atoms with Crippen LogP contribution < -0.4 is 4.74 Å². The monoisotopic (exact) mass is 394 g/mol. The molecule has 1 aliphatic rings. The number of sulfone groups is 1. The summed E-state index contributed by atoms with van der Waals surface area (Å²) in [6.45, 7) is 0. The van der Waals surface area contributed by atoms with Crippen LogP contribution in [0.5, 0.6) is 17.2 Å². The molecular formula is C23H22O4S. The molecule has 3 aromatic carbocycles. The second-order valence-electron chi connectivity index (χ2n) is 7.09. The van der Waals surface area contributed by atoms with Gasteiger partial charge in [-0.1, -0.05) is 31.0 Å². The van der Waals surface area contributed by atoms with Gasteiger partial charge in [0.25, 0.3) is 0 Å². The van der Waals surface area contributed by atoms with E-state index >= 15 is 0 Å². The van der Waals surface area contributed by atoms with E-state index in [1.807, 2.05) is 36.4 Å². The number of hydrogen-bond donors (Lipinski definition) is 1. The summed E-state index contributed by atoms with van der Waals surface area (Å²) in [7, 11) is -3.68. The maximum Gasteiger partial charge on any atom is 0.206 e. The van der Waals surface area contributed by atoms with Crippen molar-refractivity contribution in [2.75, 3.05) is 0 Å². The first-order chi connectivity index (χ1) is 13.5. The Morgan fingerprint density at radius 3 is 2.18 bits per heavy atom. The van der Waals surface area contributed by atoms with E-state index < -0.39 is 9.84 Å². The number of phenols is 1. The zero-order valence-corrected chi connectivity index (χ0v) is 16.2. The summed E-state index contributed by atoms with van der Waals surface area (Å²) in [5.74, 6) is 1.61. The molecule has 0 amide bonds. The fraction of sp³-hybridized carbons (Fsp3) is 0.217. The minimum Gasteiger partial charge on any atom is -0.508 e. The summed E-state index contributed by atoms with van der Waals surface area (Å²) in [6, 6.07) is 20.4. The molecule has 5 heteroatoms. The van der Waals surface area contributed by atoms with Gasteiger partial charge >= 0.3 is 0 Å². The van der Waals surface area contributed by atoms with Crippen LogP contribution in [0.3, 0.4) is 0 Å². The molecule has 0 aromatic heterocycles. The number of aromatic hydroxyl groups is 1. The molecule has 0 heterocycles. The van der Waals surface area contributed by atoms with Crippen molar-refractivity contribution in [1.82, 2.24) is 0 Å². The highest BCUT2D eigenvalue weighted by molar-refractivity contribution is 7.91. The second-order valence-corrected chi connectivity index (χ2v) is 9.01. The van der Waals surface area contributed by atoms with Crippen molar-refractivity contribution in [3.63, 3.8) is 0 Å². The van der Waals surface area contributed by atoms with E-state index in [1.165, 1.54) is 24.3 Å². The summed E-state index contributed by atoms with van der Waals surface area (Å²) < 4.78 is 32.5. The van der Waals surface area contributed by atoms with Gasteiger partial charge in [-0.05, 0) is 78.9 Å². The van der Waals surface area contributed by atoms with Crippen molar-refractivity contribution >= 4 is 9.84 Å². The molecule has 144 valence electrons. The Kier molecular flexibility index (Phi) is 5.09. The van der Waals surface area contributed by atoms with Crippen molar-refractivity contribution in [1.29, 1.82) is 0 Å². The summed E-state index contributed by atoms with van der Waals surface area (Å²) in [6.07, 6.45) is 4.17. The summed E-state index contributed by atoms with van der Waals surface area (Å²) in [5, 5.41) is 9.49. The summed E-state index contributed by atoms with van der Waals surface area (Å²) in [4.78, 5) is 0.506. The molecule has 0 spiro atoms. The van der Waals surface area contributed by atoms with Gasteiger partial charge in [0.15, 0.2) is 0 Å². The average molecular weight is 394 g/mol. The van der Waals surface area contributed by atoms with Gasteiger partial charge in [0.1, 0.15) is 17.2 Å². The van der Waals surface area contributed by atoms with Gasteiger partial charge in [0, 0.05) is 0 Å². The van der Waals surface area contributed by atoms with Crippen molar-refractivity contribution in [3.05, 3.63) is 78.4 Å². The number of phenolic OH excluding ortho intramolecular Hbond substituents is 1. The first kappa shape index (κ1) is 18.6. The molecule has 1 aliphatic carbocycles. The van der Waals surface area contributed by atoms with Gasteiger partial charge < -0.3 is 9.84 Å². The Hall–Kier alpha value is -2.79. The quantitative estimate of drug-likeness (QED) is 0.605. The predicted molar refractivity (Wildman–Crippen MR) is 108 cm³/mol. The first-order valence-electron chi connectivity index (χ1n) is 9.45. The van der Waals surface area contributed by atoms with Gasteiger partial charge in [-0.2, -0.15) is 0 Å². The zero-order valence-electron chi connectivity index (χ0n) is 15.4. The third-order valence-electron chi connectivity index (χ3n) is 5.19. The first-order valence-corrected chi connectivity index (χ1v) is 10.9. The van der Waals surface area contributed by atoms with Crippen LogP contribution in [0.15, 0.2) is 82.6 Å². The van der Waals surface area contributed by atoms with Gasteiger partial charge in [0.05, 0.1) is 9.79 Å². The van der Waals surface area contributed by atoms with E-state index in [4.69, 9.17) is 4.74 Å². The smallest absolute Gasteiger partial charge is 0.206 e. The van der Waals surface area contributed by atoms with Gasteiger partial charge in [-0.15, -0.1) is 0 Å². The minimum atomic E-state index is -3.68. The van der Waals surface area contributed by atoms with E-state index in [-0.39, 0.29) is 16.6 Å². The Bertz CT molecular complexity index is 1050. The molecule has 0 aliphatic heterocycles. The predicted octanol–water partition coefficient (Wildman–Crippen LogP) is 5.67. The number of para-hydroxylation sites is 1. The fourth-order valence-corrected chi connectivity index (χ4v) is 5.30. The Balaban J connectivity index is 1.76. The van der Waals surface area contributed by atoms with Gasteiger partial charge in [0.2, 0.25) is 9.84 Å². The van der Waals surface area contributed by atoms with Crippen molar-refractivity contribution in [2.45, 2.75) is 41.4 Å². The lowest BCUT2D eigenvalue weighted by Gasteiger charge is -2.17. The minimum absolute atomic E-state index is 0.0431. The lowest BCUT2D eigenvalue weighted by molar-refractivity contribution is 0.475. The lowest BCUT2D eigenvalue weighted by atomic mass is 9.97. The third kappa shape index (κ3) is 3.76. The van der Waals surface area contributed by atoms with Crippen LogP contribution in [-0.2, 0) is 9.84 Å². The van der Waals surface area contributed by atoms with Crippen molar-refractivity contribution < 1.29 is 18.3 Å². The highest BCUT2D eigenvalue weighted by atomic mass is 32.2. The molecule has 0 saturated heterocycles. The van der Waals surface area contributed by atoms with E-state index in [1.54, 1.807) is 12.1 Å². The molecule has 0 bridgehead atoms. The second kappa shape index (κ2) is 7.68. The molecule has 3 aromatic rings. The molecule has 1 fully saturated rings. The number of benzene rings is 3. The summed E-state index contributed by atoms with van der Waals surface area (Å²) in [5.41, 5.74) is 0.819. The van der Waals surface area contributed by atoms with Gasteiger partial charge in [-0.25, -0.2) is 8.42 Å². The van der Waals surface area contributed by atoms with Crippen LogP contribution >= 0.6 is 0 Å². The van der Waals surface area contributed by atoms with Crippen LogP contribution in [-0.4, -0.2) is 13.5 Å². The highest BCUT2D eigenvalue weighted by Crippen LogP contribution is 2.41. The molecule has 4 rings (SSSR count). The Morgan fingerprint density at radius 1 is 0.821 bits per heavy atom. The SMILES string of the molecule is O=S(=O)(c1ccc(O)cc1)c1ccc(Oc2ccccc2)cc1C1CCCC1. The third-order valence-corrected chi connectivity index (χ3v) is 7.04. The molecule has 0 radical (unpaired) electrons.